The summed E-state index contributed by atoms with van der Waals surface area (Å²) < 4.78 is 0. The van der Waals surface area contributed by atoms with Crippen LogP contribution in [0.25, 0.3) is 6.08 Å². The van der Waals surface area contributed by atoms with Gasteiger partial charge in [0.1, 0.15) is 0 Å². The summed E-state index contributed by atoms with van der Waals surface area (Å²) in [7, 11) is 0. The van der Waals surface area contributed by atoms with E-state index in [-0.39, 0.29) is 5.41 Å². The number of benzene rings is 2. The van der Waals surface area contributed by atoms with E-state index >= 15 is 0 Å². The fourth-order valence-corrected chi connectivity index (χ4v) is 2.33. The molecule has 0 spiro atoms. The van der Waals surface area contributed by atoms with Crippen molar-refractivity contribution in [2.24, 2.45) is 0 Å². The van der Waals surface area contributed by atoms with E-state index in [1.165, 1.54) is 22.3 Å². The van der Waals surface area contributed by atoms with Crippen LogP contribution in [0.5, 0.6) is 0 Å². The third kappa shape index (κ3) is 4.32. The van der Waals surface area contributed by atoms with Gasteiger partial charge in [-0.05, 0) is 34.9 Å². The molecule has 0 aliphatic rings. The summed E-state index contributed by atoms with van der Waals surface area (Å²) in [6.07, 6.45) is 4.49. The van der Waals surface area contributed by atoms with E-state index in [1.807, 2.05) is 0 Å². The lowest BCUT2D eigenvalue weighted by Gasteiger charge is -2.18. The minimum Gasteiger partial charge on any atom is -0.0767 e. The molecule has 0 nitrogen and oxygen atoms in total. The van der Waals surface area contributed by atoms with Gasteiger partial charge in [0, 0.05) is 0 Å². The molecule has 0 radical (unpaired) electrons. The van der Waals surface area contributed by atoms with Crippen molar-refractivity contribution in [1.29, 1.82) is 0 Å². The highest BCUT2D eigenvalue weighted by Crippen LogP contribution is 2.23. The van der Waals surface area contributed by atoms with Crippen molar-refractivity contribution < 1.29 is 0 Å². The molecule has 1 atom stereocenters. The van der Waals surface area contributed by atoms with Crippen LogP contribution < -0.4 is 0 Å². The van der Waals surface area contributed by atoms with Crippen LogP contribution in [-0.4, -0.2) is 0 Å². The normalized spacial score (nSPS) is 13.6. The van der Waals surface area contributed by atoms with Gasteiger partial charge in [-0.15, -0.1) is 0 Å². The zero-order valence-electron chi connectivity index (χ0n) is 13.9. The molecule has 0 heterocycles. The van der Waals surface area contributed by atoms with Gasteiger partial charge in [0.25, 0.3) is 0 Å². The van der Waals surface area contributed by atoms with Gasteiger partial charge in [-0.3, -0.25) is 0 Å². The van der Waals surface area contributed by atoms with Crippen LogP contribution in [0.1, 0.15) is 55.9 Å². The summed E-state index contributed by atoms with van der Waals surface area (Å²) in [4.78, 5) is 0. The van der Waals surface area contributed by atoms with Crippen molar-refractivity contribution >= 4 is 6.08 Å². The van der Waals surface area contributed by atoms with Gasteiger partial charge in [-0.1, -0.05) is 93.9 Å². The van der Waals surface area contributed by atoms with Crippen LogP contribution in [0.15, 0.2) is 54.6 Å². The smallest absolute Gasteiger partial charge is 0.000710 e. The Morgan fingerprint density at radius 1 is 0.857 bits per heavy atom. The van der Waals surface area contributed by atoms with Crippen LogP contribution in [0.3, 0.4) is 0 Å². The van der Waals surface area contributed by atoms with E-state index in [4.69, 9.17) is 0 Å². The molecular formula is C21H26. The Morgan fingerprint density at radius 3 is 1.95 bits per heavy atom. The highest BCUT2D eigenvalue weighted by Gasteiger charge is 2.12. The summed E-state index contributed by atoms with van der Waals surface area (Å²) in [5, 5.41) is 0. The molecule has 0 fully saturated rings. The predicted octanol–water partition coefficient (Wildman–Crippen LogP) is 6.11. The van der Waals surface area contributed by atoms with Gasteiger partial charge < -0.3 is 0 Å². The summed E-state index contributed by atoms with van der Waals surface area (Å²) in [6.45, 7) is 11.1. The summed E-state index contributed by atoms with van der Waals surface area (Å²) in [6, 6.07) is 17.7. The molecule has 2 aromatic carbocycles. The van der Waals surface area contributed by atoms with Crippen molar-refractivity contribution in [3.63, 3.8) is 0 Å². The monoisotopic (exact) mass is 278 g/mol. The highest BCUT2D eigenvalue weighted by atomic mass is 14.2. The van der Waals surface area contributed by atoms with Crippen molar-refractivity contribution in [3.05, 3.63) is 76.9 Å². The molecule has 0 aromatic heterocycles. The summed E-state index contributed by atoms with van der Waals surface area (Å²) in [5.74, 6) is 0.438. The van der Waals surface area contributed by atoms with E-state index in [0.717, 1.165) is 0 Å². The van der Waals surface area contributed by atoms with E-state index in [2.05, 4.69) is 95.3 Å². The van der Waals surface area contributed by atoms with E-state index in [0.29, 0.717) is 5.92 Å². The lowest BCUT2D eigenvalue weighted by atomic mass is 9.86. The Labute approximate surface area is 129 Å². The minimum atomic E-state index is 0.220. The van der Waals surface area contributed by atoms with Crippen LogP contribution in [0.2, 0.25) is 0 Å². The maximum Gasteiger partial charge on any atom is -0.000710 e. The summed E-state index contributed by atoms with van der Waals surface area (Å²) >= 11 is 0. The fraction of sp³-hybridized carbons (Fsp3) is 0.333. The molecule has 2 aromatic rings. The second-order valence-corrected chi connectivity index (χ2v) is 6.93. The average Bonchev–Trinajstić information content (AvgIpc) is 2.45. The standard InChI is InChI=1S/C21H26/c1-16-6-12-19(13-7-16)17(2)8-9-18-10-14-20(15-11-18)21(3,4)5/h6-15,17H,1-5H3/b9-8+. The Kier molecular flexibility index (Phi) is 4.67. The first-order valence-electron chi connectivity index (χ1n) is 7.71. The average molecular weight is 278 g/mol. The molecule has 1 unspecified atom stereocenters. The molecule has 0 amide bonds. The van der Waals surface area contributed by atoms with E-state index in [1.54, 1.807) is 0 Å². The van der Waals surface area contributed by atoms with Crippen LogP contribution in [0, 0.1) is 6.92 Å². The molecule has 0 heteroatoms. The van der Waals surface area contributed by atoms with Gasteiger partial charge in [-0.2, -0.15) is 0 Å². The van der Waals surface area contributed by atoms with Gasteiger partial charge in [0.2, 0.25) is 0 Å². The molecule has 110 valence electrons. The first-order valence-corrected chi connectivity index (χ1v) is 7.71. The lowest BCUT2D eigenvalue weighted by molar-refractivity contribution is 0.590. The van der Waals surface area contributed by atoms with Gasteiger partial charge in [-0.25, -0.2) is 0 Å². The Hall–Kier alpha value is -1.82. The quantitative estimate of drug-likeness (QED) is 0.635. The topological polar surface area (TPSA) is 0 Å². The van der Waals surface area contributed by atoms with Crippen LogP contribution in [0.4, 0.5) is 0 Å². The van der Waals surface area contributed by atoms with Crippen LogP contribution in [-0.2, 0) is 5.41 Å². The Morgan fingerprint density at radius 2 is 1.43 bits per heavy atom. The lowest BCUT2D eigenvalue weighted by Crippen LogP contribution is -2.10. The molecule has 0 saturated carbocycles. The van der Waals surface area contributed by atoms with E-state index in [9.17, 15) is 0 Å². The van der Waals surface area contributed by atoms with Gasteiger partial charge in [0.05, 0.1) is 0 Å². The number of hydrogen-bond donors (Lipinski definition) is 0. The predicted molar refractivity (Wildman–Crippen MR) is 93.8 cm³/mol. The van der Waals surface area contributed by atoms with Crippen molar-refractivity contribution in [2.75, 3.05) is 0 Å². The van der Waals surface area contributed by atoms with Crippen molar-refractivity contribution in [1.82, 2.24) is 0 Å². The molecule has 2 rings (SSSR count). The number of rotatable bonds is 3. The fourth-order valence-electron chi connectivity index (χ4n) is 2.33. The molecule has 21 heavy (non-hydrogen) atoms. The number of allylic oxidation sites excluding steroid dienone is 1. The molecule has 0 aliphatic carbocycles. The van der Waals surface area contributed by atoms with E-state index < -0.39 is 0 Å². The zero-order chi connectivity index (χ0) is 15.5. The Bertz CT molecular complexity index is 592. The minimum absolute atomic E-state index is 0.220. The Balaban J connectivity index is 2.08. The van der Waals surface area contributed by atoms with Crippen LogP contribution >= 0.6 is 0 Å². The van der Waals surface area contributed by atoms with Crippen molar-refractivity contribution in [3.8, 4) is 0 Å². The maximum atomic E-state index is 2.27. The zero-order valence-corrected chi connectivity index (χ0v) is 13.9. The molecule has 0 N–H and O–H groups in total. The molecule has 0 saturated heterocycles. The third-order valence-electron chi connectivity index (χ3n) is 3.96. The second kappa shape index (κ2) is 6.30. The SMILES string of the molecule is Cc1ccc(C(C)/C=C/c2ccc(C(C)(C)C)cc2)cc1. The molecule has 0 aliphatic heterocycles. The number of hydrogen-bond acceptors (Lipinski definition) is 0. The molecular weight excluding hydrogens is 252 g/mol. The number of aryl methyl sites for hydroxylation is 1. The first-order chi connectivity index (χ1) is 9.86. The maximum absolute atomic E-state index is 2.27. The largest absolute Gasteiger partial charge is 0.0767 e. The van der Waals surface area contributed by atoms with Gasteiger partial charge in [0.15, 0.2) is 0 Å². The van der Waals surface area contributed by atoms with Crippen molar-refractivity contribution in [2.45, 2.75) is 46.0 Å². The summed E-state index contributed by atoms with van der Waals surface area (Å²) in [5.41, 5.74) is 5.54. The third-order valence-corrected chi connectivity index (χ3v) is 3.96. The first kappa shape index (κ1) is 15.6. The highest BCUT2D eigenvalue weighted by molar-refractivity contribution is 5.51. The second-order valence-electron chi connectivity index (χ2n) is 6.93. The molecule has 0 bridgehead atoms. The van der Waals surface area contributed by atoms with Gasteiger partial charge >= 0.3 is 0 Å².